The summed E-state index contributed by atoms with van der Waals surface area (Å²) < 4.78 is 0. The fourth-order valence-corrected chi connectivity index (χ4v) is 1.74. The first-order chi connectivity index (χ1) is 8.63. The highest BCUT2D eigenvalue weighted by molar-refractivity contribution is 5.75. The summed E-state index contributed by atoms with van der Waals surface area (Å²) in [6.45, 7) is 8.56. The SMILES string of the molecule is CCNC(=O)CCNCc1ccc(C(C)C)cc1. The zero-order valence-electron chi connectivity index (χ0n) is 11.6. The average molecular weight is 248 g/mol. The molecular weight excluding hydrogens is 224 g/mol. The summed E-state index contributed by atoms with van der Waals surface area (Å²) in [6.07, 6.45) is 0.540. The molecule has 1 aromatic carbocycles. The van der Waals surface area contributed by atoms with Crippen LogP contribution in [0.4, 0.5) is 0 Å². The van der Waals surface area contributed by atoms with Crippen LogP contribution in [0, 0.1) is 0 Å². The van der Waals surface area contributed by atoms with E-state index in [9.17, 15) is 4.79 Å². The predicted octanol–water partition coefficient (Wildman–Crippen LogP) is 2.43. The second-order valence-electron chi connectivity index (χ2n) is 4.78. The van der Waals surface area contributed by atoms with E-state index in [2.05, 4.69) is 48.7 Å². The normalized spacial score (nSPS) is 10.7. The molecular formula is C15H24N2O. The Morgan fingerprint density at radius 3 is 2.44 bits per heavy atom. The topological polar surface area (TPSA) is 41.1 Å². The van der Waals surface area contributed by atoms with Crippen LogP contribution < -0.4 is 10.6 Å². The molecule has 0 saturated heterocycles. The van der Waals surface area contributed by atoms with Gasteiger partial charge in [0.05, 0.1) is 0 Å². The molecule has 0 fully saturated rings. The first-order valence-corrected chi connectivity index (χ1v) is 6.69. The molecule has 18 heavy (non-hydrogen) atoms. The molecule has 0 aliphatic rings. The van der Waals surface area contributed by atoms with Crippen LogP contribution >= 0.6 is 0 Å². The maximum Gasteiger partial charge on any atom is 0.221 e. The Morgan fingerprint density at radius 1 is 1.22 bits per heavy atom. The van der Waals surface area contributed by atoms with Gasteiger partial charge in [0.15, 0.2) is 0 Å². The Bertz CT molecular complexity index is 357. The van der Waals surface area contributed by atoms with Crippen molar-refractivity contribution in [3.8, 4) is 0 Å². The summed E-state index contributed by atoms with van der Waals surface area (Å²) in [7, 11) is 0. The lowest BCUT2D eigenvalue weighted by Gasteiger charge is -2.08. The van der Waals surface area contributed by atoms with E-state index in [1.165, 1.54) is 11.1 Å². The number of hydrogen-bond acceptors (Lipinski definition) is 2. The molecule has 0 heterocycles. The first kappa shape index (κ1) is 14.7. The molecule has 2 N–H and O–H groups in total. The third-order valence-electron chi connectivity index (χ3n) is 2.88. The van der Waals surface area contributed by atoms with Gasteiger partial charge in [0, 0.05) is 26.1 Å². The fourth-order valence-electron chi connectivity index (χ4n) is 1.74. The van der Waals surface area contributed by atoms with Crippen LogP contribution in [-0.2, 0) is 11.3 Å². The number of hydrogen-bond donors (Lipinski definition) is 2. The molecule has 0 unspecified atom stereocenters. The lowest BCUT2D eigenvalue weighted by molar-refractivity contribution is -0.120. The van der Waals surface area contributed by atoms with E-state index in [0.717, 1.165) is 13.1 Å². The lowest BCUT2D eigenvalue weighted by Crippen LogP contribution is -2.27. The Labute approximate surface area is 110 Å². The summed E-state index contributed by atoms with van der Waals surface area (Å²) in [5.41, 5.74) is 2.62. The summed E-state index contributed by atoms with van der Waals surface area (Å²) >= 11 is 0. The lowest BCUT2D eigenvalue weighted by atomic mass is 10.0. The third-order valence-corrected chi connectivity index (χ3v) is 2.88. The number of rotatable bonds is 7. The van der Waals surface area contributed by atoms with Crippen LogP contribution in [0.15, 0.2) is 24.3 Å². The van der Waals surface area contributed by atoms with Crippen LogP contribution in [0.1, 0.15) is 44.2 Å². The van der Waals surface area contributed by atoms with Gasteiger partial charge in [-0.05, 0) is 24.0 Å². The minimum Gasteiger partial charge on any atom is -0.356 e. The number of carbonyl (C=O) groups excluding carboxylic acids is 1. The summed E-state index contributed by atoms with van der Waals surface area (Å²) in [4.78, 5) is 11.2. The van der Waals surface area contributed by atoms with Crippen molar-refractivity contribution in [3.05, 3.63) is 35.4 Å². The van der Waals surface area contributed by atoms with Crippen LogP contribution in [-0.4, -0.2) is 19.0 Å². The van der Waals surface area contributed by atoms with Gasteiger partial charge >= 0.3 is 0 Å². The predicted molar refractivity (Wildman–Crippen MR) is 75.5 cm³/mol. The number of benzene rings is 1. The third kappa shape index (κ3) is 5.32. The molecule has 1 aromatic rings. The maximum atomic E-state index is 11.2. The van der Waals surface area contributed by atoms with Crippen molar-refractivity contribution in [2.24, 2.45) is 0 Å². The molecule has 3 nitrogen and oxygen atoms in total. The van der Waals surface area contributed by atoms with Gasteiger partial charge in [0.25, 0.3) is 0 Å². The summed E-state index contributed by atoms with van der Waals surface area (Å²) in [5.74, 6) is 0.685. The van der Waals surface area contributed by atoms with E-state index in [-0.39, 0.29) is 5.91 Å². The summed E-state index contributed by atoms with van der Waals surface area (Å²) in [5, 5.41) is 6.06. The van der Waals surface area contributed by atoms with E-state index in [1.54, 1.807) is 0 Å². The van der Waals surface area contributed by atoms with Gasteiger partial charge in [0.1, 0.15) is 0 Å². The van der Waals surface area contributed by atoms with Crippen LogP contribution in [0.25, 0.3) is 0 Å². The minimum atomic E-state index is 0.111. The van der Waals surface area contributed by atoms with Crippen molar-refractivity contribution in [2.75, 3.05) is 13.1 Å². The molecule has 100 valence electrons. The van der Waals surface area contributed by atoms with Gasteiger partial charge < -0.3 is 10.6 Å². The average Bonchev–Trinajstić information content (AvgIpc) is 2.35. The summed E-state index contributed by atoms with van der Waals surface area (Å²) in [6, 6.07) is 8.64. The van der Waals surface area contributed by atoms with Crippen molar-refractivity contribution < 1.29 is 4.79 Å². The molecule has 0 aromatic heterocycles. The van der Waals surface area contributed by atoms with Crippen molar-refractivity contribution >= 4 is 5.91 Å². The van der Waals surface area contributed by atoms with Crippen LogP contribution in [0.5, 0.6) is 0 Å². The van der Waals surface area contributed by atoms with Gasteiger partial charge in [-0.25, -0.2) is 0 Å². The highest BCUT2D eigenvalue weighted by atomic mass is 16.1. The molecule has 0 radical (unpaired) electrons. The van der Waals surface area contributed by atoms with Crippen LogP contribution in [0.2, 0.25) is 0 Å². The number of amides is 1. The van der Waals surface area contributed by atoms with Gasteiger partial charge in [-0.2, -0.15) is 0 Å². The van der Waals surface area contributed by atoms with Gasteiger partial charge in [0.2, 0.25) is 5.91 Å². The second kappa shape index (κ2) is 7.88. The van der Waals surface area contributed by atoms with Gasteiger partial charge in [-0.15, -0.1) is 0 Å². The maximum absolute atomic E-state index is 11.2. The molecule has 0 aliphatic carbocycles. The van der Waals surface area contributed by atoms with Gasteiger partial charge in [-0.1, -0.05) is 38.1 Å². The molecule has 0 aliphatic heterocycles. The van der Waals surface area contributed by atoms with E-state index in [1.807, 2.05) is 6.92 Å². The van der Waals surface area contributed by atoms with E-state index in [4.69, 9.17) is 0 Å². The monoisotopic (exact) mass is 248 g/mol. The Kier molecular flexibility index (Phi) is 6.44. The molecule has 0 saturated carbocycles. The standard InChI is InChI=1S/C15H24N2O/c1-4-17-15(18)9-10-16-11-13-5-7-14(8-6-13)12(2)3/h5-8,12,16H,4,9-11H2,1-3H3,(H,17,18). The minimum absolute atomic E-state index is 0.111. The smallest absolute Gasteiger partial charge is 0.221 e. The highest BCUT2D eigenvalue weighted by Gasteiger charge is 2.00. The largest absolute Gasteiger partial charge is 0.356 e. The Morgan fingerprint density at radius 2 is 1.89 bits per heavy atom. The van der Waals surface area contributed by atoms with E-state index < -0.39 is 0 Å². The quantitative estimate of drug-likeness (QED) is 0.728. The number of carbonyl (C=O) groups is 1. The van der Waals surface area contributed by atoms with Gasteiger partial charge in [-0.3, -0.25) is 4.79 Å². The molecule has 1 amide bonds. The number of nitrogens with one attached hydrogen (secondary N) is 2. The van der Waals surface area contributed by atoms with E-state index >= 15 is 0 Å². The molecule has 0 spiro atoms. The first-order valence-electron chi connectivity index (χ1n) is 6.69. The highest BCUT2D eigenvalue weighted by Crippen LogP contribution is 2.14. The van der Waals surface area contributed by atoms with Crippen molar-refractivity contribution in [1.82, 2.24) is 10.6 Å². The zero-order valence-corrected chi connectivity index (χ0v) is 11.6. The van der Waals surface area contributed by atoms with E-state index in [0.29, 0.717) is 18.9 Å². The van der Waals surface area contributed by atoms with Crippen LogP contribution in [0.3, 0.4) is 0 Å². The van der Waals surface area contributed by atoms with Crippen molar-refractivity contribution in [1.29, 1.82) is 0 Å². The Hall–Kier alpha value is -1.35. The Balaban J connectivity index is 2.25. The van der Waals surface area contributed by atoms with Crippen molar-refractivity contribution in [3.63, 3.8) is 0 Å². The molecule has 3 heteroatoms. The van der Waals surface area contributed by atoms with Crippen molar-refractivity contribution in [2.45, 2.75) is 39.7 Å². The fraction of sp³-hybridized carbons (Fsp3) is 0.533. The molecule has 0 atom stereocenters. The second-order valence-corrected chi connectivity index (χ2v) is 4.78. The zero-order chi connectivity index (χ0) is 13.4. The molecule has 1 rings (SSSR count). The molecule has 0 bridgehead atoms.